The first-order valence-electron chi connectivity index (χ1n) is 4.18. The molecule has 0 amide bonds. The Morgan fingerprint density at radius 3 is 2.60 bits per heavy atom. The Bertz CT molecular complexity index is 484. The molecule has 15 heavy (non-hydrogen) atoms. The third-order valence-corrected chi connectivity index (χ3v) is 2.80. The van der Waals surface area contributed by atoms with Crippen LogP contribution in [0.2, 0.25) is 0 Å². The van der Waals surface area contributed by atoms with Crippen molar-refractivity contribution in [3.63, 3.8) is 0 Å². The van der Waals surface area contributed by atoms with E-state index in [0.717, 1.165) is 12.1 Å². The lowest BCUT2D eigenvalue weighted by atomic mass is 10.2. The molecule has 0 aliphatic heterocycles. The molecular weight excluding hydrogens is 220 g/mol. The van der Waals surface area contributed by atoms with E-state index in [9.17, 15) is 8.78 Å². The first kappa shape index (κ1) is 10.1. The second-order valence-electron chi connectivity index (χ2n) is 2.83. The van der Waals surface area contributed by atoms with E-state index in [1.807, 2.05) is 0 Å². The van der Waals surface area contributed by atoms with Crippen molar-refractivity contribution in [2.45, 2.75) is 6.54 Å². The number of rotatable bonds is 2. The van der Waals surface area contributed by atoms with Crippen molar-refractivity contribution in [1.29, 1.82) is 0 Å². The molecule has 0 spiro atoms. The van der Waals surface area contributed by atoms with Gasteiger partial charge in [-0.3, -0.25) is 0 Å². The van der Waals surface area contributed by atoms with Crippen molar-refractivity contribution in [1.82, 2.24) is 10.2 Å². The van der Waals surface area contributed by atoms with Gasteiger partial charge in [0.15, 0.2) is 11.6 Å². The Labute approximate surface area is 88.6 Å². The van der Waals surface area contributed by atoms with Gasteiger partial charge in [0.2, 0.25) is 0 Å². The Kier molecular flexibility index (Phi) is 2.70. The van der Waals surface area contributed by atoms with E-state index in [0.29, 0.717) is 22.1 Å². The molecule has 1 aromatic carbocycles. The van der Waals surface area contributed by atoms with Crippen molar-refractivity contribution >= 4 is 11.3 Å². The number of hydrogen-bond donors (Lipinski definition) is 1. The Morgan fingerprint density at radius 1 is 1.20 bits per heavy atom. The molecule has 0 bridgehead atoms. The molecule has 2 N–H and O–H groups in total. The molecule has 0 atom stereocenters. The summed E-state index contributed by atoms with van der Waals surface area (Å²) in [6, 6.07) is 3.61. The quantitative estimate of drug-likeness (QED) is 0.853. The molecular formula is C9H7F2N3S. The predicted octanol–water partition coefficient (Wildman–Crippen LogP) is 1.94. The van der Waals surface area contributed by atoms with Crippen LogP contribution in [0.1, 0.15) is 5.01 Å². The van der Waals surface area contributed by atoms with Gasteiger partial charge in [0, 0.05) is 12.1 Å². The van der Waals surface area contributed by atoms with Gasteiger partial charge in [-0.25, -0.2) is 8.78 Å². The standard InChI is InChI=1S/C9H7F2N3S/c10-6-2-1-5(3-7(6)11)9-14-13-8(4-12)15-9/h1-3H,4,12H2. The van der Waals surface area contributed by atoms with E-state index in [-0.39, 0.29) is 0 Å². The van der Waals surface area contributed by atoms with E-state index < -0.39 is 11.6 Å². The molecule has 0 fully saturated rings. The summed E-state index contributed by atoms with van der Waals surface area (Å²) >= 11 is 1.26. The lowest BCUT2D eigenvalue weighted by Crippen LogP contribution is -1.94. The molecule has 2 aromatic rings. The van der Waals surface area contributed by atoms with Crippen molar-refractivity contribution in [3.8, 4) is 10.6 Å². The average Bonchev–Trinajstić information content (AvgIpc) is 2.70. The maximum Gasteiger partial charge on any atom is 0.159 e. The highest BCUT2D eigenvalue weighted by Gasteiger charge is 2.08. The molecule has 0 radical (unpaired) electrons. The lowest BCUT2D eigenvalue weighted by Gasteiger charge is -1.95. The van der Waals surface area contributed by atoms with Gasteiger partial charge in [0.05, 0.1) is 0 Å². The van der Waals surface area contributed by atoms with Crippen LogP contribution < -0.4 is 5.73 Å². The number of nitrogens with zero attached hydrogens (tertiary/aromatic N) is 2. The van der Waals surface area contributed by atoms with Gasteiger partial charge >= 0.3 is 0 Å². The van der Waals surface area contributed by atoms with E-state index >= 15 is 0 Å². The highest BCUT2D eigenvalue weighted by molar-refractivity contribution is 7.14. The molecule has 0 aliphatic rings. The fourth-order valence-electron chi connectivity index (χ4n) is 1.08. The molecule has 0 saturated carbocycles. The third kappa shape index (κ3) is 2.00. The van der Waals surface area contributed by atoms with Gasteiger partial charge in [-0.15, -0.1) is 10.2 Å². The Hall–Kier alpha value is -1.40. The van der Waals surface area contributed by atoms with Crippen molar-refractivity contribution in [2.75, 3.05) is 0 Å². The van der Waals surface area contributed by atoms with E-state index in [4.69, 9.17) is 5.73 Å². The summed E-state index contributed by atoms with van der Waals surface area (Å²) in [5.74, 6) is -1.76. The summed E-state index contributed by atoms with van der Waals surface area (Å²) in [4.78, 5) is 0. The fraction of sp³-hybridized carbons (Fsp3) is 0.111. The van der Waals surface area contributed by atoms with Gasteiger partial charge < -0.3 is 5.73 Å². The summed E-state index contributed by atoms with van der Waals surface area (Å²) in [5.41, 5.74) is 5.87. The molecule has 0 unspecified atom stereocenters. The summed E-state index contributed by atoms with van der Waals surface area (Å²) < 4.78 is 25.6. The summed E-state index contributed by atoms with van der Waals surface area (Å²) in [5, 5.41) is 8.82. The maximum absolute atomic E-state index is 12.9. The number of nitrogens with two attached hydrogens (primary N) is 1. The first-order valence-corrected chi connectivity index (χ1v) is 5.00. The van der Waals surface area contributed by atoms with Gasteiger partial charge in [-0.05, 0) is 18.2 Å². The van der Waals surface area contributed by atoms with Crippen LogP contribution in [-0.2, 0) is 6.54 Å². The van der Waals surface area contributed by atoms with Gasteiger partial charge in [-0.2, -0.15) is 0 Å². The highest BCUT2D eigenvalue weighted by atomic mass is 32.1. The Morgan fingerprint density at radius 2 is 2.00 bits per heavy atom. The highest BCUT2D eigenvalue weighted by Crippen LogP contribution is 2.24. The monoisotopic (exact) mass is 227 g/mol. The normalized spacial score (nSPS) is 10.6. The van der Waals surface area contributed by atoms with Crippen LogP contribution in [0, 0.1) is 11.6 Å². The fourth-order valence-corrected chi connectivity index (χ4v) is 1.80. The average molecular weight is 227 g/mol. The maximum atomic E-state index is 12.9. The lowest BCUT2D eigenvalue weighted by molar-refractivity contribution is 0.509. The number of halogens is 2. The van der Waals surface area contributed by atoms with Gasteiger partial charge in [0.1, 0.15) is 10.0 Å². The first-order chi connectivity index (χ1) is 7.20. The zero-order chi connectivity index (χ0) is 10.8. The van der Waals surface area contributed by atoms with Crippen LogP contribution in [0.25, 0.3) is 10.6 Å². The minimum absolute atomic E-state index is 0.293. The van der Waals surface area contributed by atoms with Crippen LogP contribution in [-0.4, -0.2) is 10.2 Å². The zero-order valence-corrected chi connectivity index (χ0v) is 8.39. The minimum atomic E-state index is -0.892. The smallest absolute Gasteiger partial charge is 0.159 e. The number of aromatic nitrogens is 2. The van der Waals surface area contributed by atoms with Crippen molar-refractivity contribution < 1.29 is 8.78 Å². The summed E-state index contributed by atoms with van der Waals surface area (Å²) in [6.45, 7) is 0.293. The van der Waals surface area contributed by atoms with E-state index in [1.54, 1.807) is 0 Å². The molecule has 3 nitrogen and oxygen atoms in total. The van der Waals surface area contributed by atoms with Crippen LogP contribution in [0.5, 0.6) is 0 Å². The minimum Gasteiger partial charge on any atom is -0.324 e. The zero-order valence-electron chi connectivity index (χ0n) is 7.58. The van der Waals surface area contributed by atoms with Crippen LogP contribution >= 0.6 is 11.3 Å². The topological polar surface area (TPSA) is 51.8 Å². The third-order valence-electron chi connectivity index (χ3n) is 1.81. The molecule has 1 heterocycles. The molecule has 6 heteroatoms. The van der Waals surface area contributed by atoms with Gasteiger partial charge in [-0.1, -0.05) is 11.3 Å². The summed E-state index contributed by atoms with van der Waals surface area (Å²) in [7, 11) is 0. The van der Waals surface area contributed by atoms with Crippen LogP contribution in [0.3, 0.4) is 0 Å². The molecule has 1 aromatic heterocycles. The molecule has 2 rings (SSSR count). The van der Waals surface area contributed by atoms with Crippen molar-refractivity contribution in [2.24, 2.45) is 5.73 Å². The number of benzene rings is 1. The summed E-state index contributed by atoms with van der Waals surface area (Å²) in [6.07, 6.45) is 0. The Balaban J connectivity index is 2.40. The predicted molar refractivity (Wildman–Crippen MR) is 53.2 cm³/mol. The second-order valence-corrected chi connectivity index (χ2v) is 3.90. The van der Waals surface area contributed by atoms with Crippen molar-refractivity contribution in [3.05, 3.63) is 34.8 Å². The molecule has 0 aliphatic carbocycles. The molecule has 0 saturated heterocycles. The SMILES string of the molecule is NCc1nnc(-c2ccc(F)c(F)c2)s1. The van der Waals surface area contributed by atoms with Crippen LogP contribution in [0.15, 0.2) is 18.2 Å². The largest absolute Gasteiger partial charge is 0.324 e. The second kappa shape index (κ2) is 4.00. The number of hydrogen-bond acceptors (Lipinski definition) is 4. The van der Waals surface area contributed by atoms with Gasteiger partial charge in [0.25, 0.3) is 0 Å². The van der Waals surface area contributed by atoms with E-state index in [2.05, 4.69) is 10.2 Å². The van der Waals surface area contributed by atoms with E-state index in [1.165, 1.54) is 17.4 Å². The van der Waals surface area contributed by atoms with Crippen LogP contribution in [0.4, 0.5) is 8.78 Å². The molecule has 78 valence electrons.